The van der Waals surface area contributed by atoms with Gasteiger partial charge < -0.3 is 11.5 Å². The van der Waals surface area contributed by atoms with Crippen molar-refractivity contribution in [3.8, 4) is 0 Å². The normalized spacial score (nSPS) is 9.64. The molecule has 120 valence electrons. The molecule has 0 aromatic heterocycles. The first-order chi connectivity index (χ1) is 9.58. The van der Waals surface area contributed by atoms with E-state index in [0.717, 1.165) is 11.1 Å². The minimum Gasteiger partial charge on any atom is -0.379 e. The second-order valence-electron chi connectivity index (χ2n) is 4.23. The first-order valence-electron chi connectivity index (χ1n) is 6.01. The second kappa shape index (κ2) is 10.1. The summed E-state index contributed by atoms with van der Waals surface area (Å²) in [5, 5.41) is 17.3. The molecular formula is C14H18Br2N4S2. The zero-order chi connectivity index (χ0) is 14.5. The molecule has 0 saturated carbocycles. The number of amidine groups is 2. The zero-order valence-corrected chi connectivity index (χ0v) is 16.7. The van der Waals surface area contributed by atoms with Crippen LogP contribution in [0.4, 0.5) is 0 Å². The number of thioether (sulfide) groups is 2. The Hall–Kier alpha value is -0.700. The summed E-state index contributed by atoms with van der Waals surface area (Å²) in [4.78, 5) is 0. The van der Waals surface area contributed by atoms with Crippen LogP contribution in [0.25, 0.3) is 10.8 Å². The van der Waals surface area contributed by atoms with Gasteiger partial charge in [-0.05, 0) is 21.9 Å². The number of nitrogens with one attached hydrogen (secondary N) is 2. The predicted octanol–water partition coefficient (Wildman–Crippen LogP) is 4.25. The van der Waals surface area contributed by atoms with Crippen LogP contribution in [-0.2, 0) is 11.5 Å². The molecule has 0 aliphatic carbocycles. The van der Waals surface area contributed by atoms with E-state index in [2.05, 4.69) is 24.3 Å². The third kappa shape index (κ3) is 5.83. The van der Waals surface area contributed by atoms with E-state index in [1.807, 2.05) is 12.1 Å². The maximum absolute atomic E-state index is 7.37. The first-order valence-corrected chi connectivity index (χ1v) is 7.98. The van der Waals surface area contributed by atoms with Gasteiger partial charge in [-0.25, -0.2) is 0 Å². The molecule has 0 aliphatic heterocycles. The lowest BCUT2D eigenvalue weighted by molar-refractivity contribution is 1.32. The minimum absolute atomic E-state index is 0. The maximum atomic E-state index is 7.37. The Morgan fingerprint density at radius 1 is 0.864 bits per heavy atom. The Morgan fingerprint density at radius 3 is 2.09 bits per heavy atom. The van der Waals surface area contributed by atoms with Gasteiger partial charge in [0.1, 0.15) is 0 Å². The summed E-state index contributed by atoms with van der Waals surface area (Å²) in [6.07, 6.45) is 0. The number of halogens is 2. The van der Waals surface area contributed by atoms with E-state index < -0.39 is 0 Å². The molecule has 0 spiro atoms. The molecule has 2 aromatic rings. The number of fused-ring (bicyclic) bond motifs is 1. The highest BCUT2D eigenvalue weighted by molar-refractivity contribution is 8.93. The molecule has 0 unspecified atom stereocenters. The molecule has 0 bridgehead atoms. The number of hydrogen-bond acceptors (Lipinski definition) is 4. The summed E-state index contributed by atoms with van der Waals surface area (Å²) in [6.45, 7) is 0. The largest absolute Gasteiger partial charge is 0.379 e. The van der Waals surface area contributed by atoms with E-state index >= 15 is 0 Å². The Balaban J connectivity index is 0.00000220. The minimum atomic E-state index is 0. The average molecular weight is 466 g/mol. The number of hydrogen-bond donors (Lipinski definition) is 4. The summed E-state index contributed by atoms with van der Waals surface area (Å²) < 4.78 is 0. The lowest BCUT2D eigenvalue weighted by Crippen LogP contribution is -2.06. The summed E-state index contributed by atoms with van der Waals surface area (Å²) in [7, 11) is 0. The summed E-state index contributed by atoms with van der Waals surface area (Å²) in [6, 6.07) is 12.3. The molecule has 0 heterocycles. The molecule has 0 radical (unpaired) electrons. The Kier molecular flexibility index (Phi) is 9.82. The van der Waals surface area contributed by atoms with Crippen molar-refractivity contribution < 1.29 is 0 Å². The highest BCUT2D eigenvalue weighted by Gasteiger charge is 2.09. The Morgan fingerprint density at radius 2 is 1.45 bits per heavy atom. The van der Waals surface area contributed by atoms with Crippen molar-refractivity contribution >= 4 is 78.6 Å². The van der Waals surface area contributed by atoms with Crippen molar-refractivity contribution in [3.63, 3.8) is 0 Å². The molecule has 2 rings (SSSR count). The van der Waals surface area contributed by atoms with Gasteiger partial charge in [0, 0.05) is 11.5 Å². The van der Waals surface area contributed by atoms with Crippen molar-refractivity contribution in [1.29, 1.82) is 10.8 Å². The number of rotatable bonds is 4. The van der Waals surface area contributed by atoms with Crippen molar-refractivity contribution in [2.75, 3.05) is 0 Å². The Labute approximate surface area is 159 Å². The molecule has 6 N–H and O–H groups in total. The second-order valence-corrected chi connectivity index (χ2v) is 6.26. The first kappa shape index (κ1) is 21.3. The van der Waals surface area contributed by atoms with Crippen LogP contribution in [0, 0.1) is 10.8 Å². The lowest BCUT2D eigenvalue weighted by atomic mass is 10.0. The molecule has 0 fully saturated rings. The SMILES string of the molecule is Br.Br.N=C(N)SCc1ccc2ccccc2c1CSC(=N)N. The standard InChI is InChI=1S/C14H16N4S2.2BrH/c15-13(16)19-7-10-6-5-9-3-1-2-4-11(9)12(10)8-20-14(17)18;;/h1-6H,7-8H2,(H3,15,16)(H3,17,18);2*1H. The molecule has 0 atom stereocenters. The number of benzene rings is 2. The third-order valence-electron chi connectivity index (χ3n) is 2.89. The predicted molar refractivity (Wildman–Crippen MR) is 111 cm³/mol. The monoisotopic (exact) mass is 464 g/mol. The molecule has 0 amide bonds. The van der Waals surface area contributed by atoms with Crippen LogP contribution in [0.2, 0.25) is 0 Å². The lowest BCUT2D eigenvalue weighted by Gasteiger charge is -2.12. The van der Waals surface area contributed by atoms with Gasteiger partial charge in [0.2, 0.25) is 0 Å². The van der Waals surface area contributed by atoms with E-state index in [1.54, 1.807) is 0 Å². The quantitative estimate of drug-likeness (QED) is 0.400. The van der Waals surface area contributed by atoms with Crippen LogP contribution < -0.4 is 11.5 Å². The van der Waals surface area contributed by atoms with Crippen LogP contribution in [0.3, 0.4) is 0 Å². The van der Waals surface area contributed by atoms with Gasteiger partial charge >= 0.3 is 0 Å². The van der Waals surface area contributed by atoms with Gasteiger partial charge in [0.15, 0.2) is 10.3 Å². The van der Waals surface area contributed by atoms with Crippen LogP contribution in [0.1, 0.15) is 11.1 Å². The smallest absolute Gasteiger partial charge is 0.151 e. The molecule has 2 aromatic carbocycles. The van der Waals surface area contributed by atoms with Crippen LogP contribution in [0.15, 0.2) is 36.4 Å². The van der Waals surface area contributed by atoms with Gasteiger partial charge in [-0.15, -0.1) is 34.0 Å². The maximum Gasteiger partial charge on any atom is 0.151 e. The van der Waals surface area contributed by atoms with E-state index in [9.17, 15) is 0 Å². The fraction of sp³-hybridized carbons (Fsp3) is 0.143. The van der Waals surface area contributed by atoms with Crippen molar-refractivity contribution in [1.82, 2.24) is 0 Å². The molecule has 4 nitrogen and oxygen atoms in total. The van der Waals surface area contributed by atoms with Crippen LogP contribution in [0.5, 0.6) is 0 Å². The molecule has 0 saturated heterocycles. The molecular weight excluding hydrogens is 448 g/mol. The van der Waals surface area contributed by atoms with Gasteiger partial charge in [-0.3, -0.25) is 10.8 Å². The van der Waals surface area contributed by atoms with E-state index in [-0.39, 0.29) is 44.3 Å². The molecule has 8 heteroatoms. The van der Waals surface area contributed by atoms with Gasteiger partial charge in [-0.1, -0.05) is 59.9 Å². The fourth-order valence-corrected chi connectivity index (χ4v) is 3.21. The van der Waals surface area contributed by atoms with Crippen LogP contribution >= 0.6 is 57.5 Å². The summed E-state index contributed by atoms with van der Waals surface area (Å²) >= 11 is 2.62. The van der Waals surface area contributed by atoms with E-state index in [4.69, 9.17) is 22.3 Å². The van der Waals surface area contributed by atoms with Crippen molar-refractivity contribution in [2.24, 2.45) is 11.5 Å². The van der Waals surface area contributed by atoms with Crippen molar-refractivity contribution in [3.05, 3.63) is 47.5 Å². The molecule has 0 aliphatic rings. The van der Waals surface area contributed by atoms with E-state index in [0.29, 0.717) is 11.5 Å². The summed E-state index contributed by atoms with van der Waals surface area (Å²) in [5.74, 6) is 1.32. The topological polar surface area (TPSA) is 99.7 Å². The van der Waals surface area contributed by atoms with Crippen molar-refractivity contribution in [2.45, 2.75) is 11.5 Å². The van der Waals surface area contributed by atoms with Gasteiger partial charge in [0.05, 0.1) is 0 Å². The zero-order valence-electron chi connectivity index (χ0n) is 11.7. The number of nitrogens with two attached hydrogens (primary N) is 2. The van der Waals surface area contributed by atoms with Gasteiger partial charge in [-0.2, -0.15) is 0 Å². The van der Waals surface area contributed by atoms with E-state index in [1.165, 1.54) is 34.3 Å². The Bertz CT molecular complexity index is 664. The fourth-order valence-electron chi connectivity index (χ4n) is 1.99. The van der Waals surface area contributed by atoms with Gasteiger partial charge in [0.25, 0.3) is 0 Å². The molecule has 22 heavy (non-hydrogen) atoms. The van der Waals surface area contributed by atoms with Crippen LogP contribution in [-0.4, -0.2) is 10.3 Å². The summed E-state index contributed by atoms with van der Waals surface area (Å²) in [5.41, 5.74) is 13.2. The average Bonchev–Trinajstić information content (AvgIpc) is 2.42. The third-order valence-corrected chi connectivity index (χ3v) is 4.40. The highest BCUT2D eigenvalue weighted by Crippen LogP contribution is 2.28. The highest BCUT2D eigenvalue weighted by atomic mass is 79.9.